The number of amides is 2. The van der Waals surface area contributed by atoms with Crippen LogP contribution in [0.5, 0.6) is 0 Å². The summed E-state index contributed by atoms with van der Waals surface area (Å²) in [6.45, 7) is 9.16. The van der Waals surface area contributed by atoms with Crippen LogP contribution in [0.15, 0.2) is 36.5 Å². The Bertz CT molecular complexity index is 797. The van der Waals surface area contributed by atoms with Crippen LogP contribution in [-0.2, 0) is 23.1 Å². The average Bonchev–Trinajstić information content (AvgIpc) is 3.36. The number of nitrogens with zero attached hydrogens (tertiary/aromatic N) is 3. The molecule has 8 heteroatoms. The van der Waals surface area contributed by atoms with Crippen LogP contribution < -0.4 is 5.32 Å². The van der Waals surface area contributed by atoms with Gasteiger partial charge in [-0.15, -0.1) is 0 Å². The molecule has 3 rings (SSSR count). The second kappa shape index (κ2) is 12.7. The summed E-state index contributed by atoms with van der Waals surface area (Å²) in [4.78, 5) is 23.5. The number of rotatable bonds is 4. The maximum absolute atomic E-state index is 11.6. The molecule has 1 aliphatic rings. The topological polar surface area (TPSA) is 96.7 Å². The van der Waals surface area contributed by atoms with Gasteiger partial charge in [-0.25, -0.2) is 4.79 Å². The normalized spacial score (nSPS) is 15.2. The third-order valence-electron chi connectivity index (χ3n) is 4.64. The van der Waals surface area contributed by atoms with Gasteiger partial charge in [-0.05, 0) is 57.7 Å². The fourth-order valence-corrected chi connectivity index (χ4v) is 3.13. The molecule has 0 bridgehead atoms. The SMILES string of the molecule is CC1CCCN1C(=O)OC(C)(C)C.CO.Cn1nccc1-c1ccc(CNC=O)cc1. The first-order valence-electron chi connectivity index (χ1n) is 10.4. The molecular formula is C23H36N4O4. The molecule has 31 heavy (non-hydrogen) atoms. The zero-order valence-corrected chi connectivity index (χ0v) is 19.5. The van der Waals surface area contributed by atoms with E-state index in [4.69, 9.17) is 9.84 Å². The molecule has 0 spiro atoms. The number of hydrogen-bond donors (Lipinski definition) is 2. The Morgan fingerprint density at radius 2 is 1.90 bits per heavy atom. The molecule has 2 aromatic rings. The van der Waals surface area contributed by atoms with Crippen molar-refractivity contribution in [2.75, 3.05) is 13.7 Å². The molecular weight excluding hydrogens is 396 g/mol. The third kappa shape index (κ3) is 8.80. The lowest BCUT2D eigenvalue weighted by atomic mass is 10.1. The smallest absolute Gasteiger partial charge is 0.410 e. The van der Waals surface area contributed by atoms with E-state index >= 15 is 0 Å². The second-order valence-electron chi connectivity index (χ2n) is 8.20. The maximum atomic E-state index is 11.6. The van der Waals surface area contributed by atoms with E-state index in [1.165, 1.54) is 0 Å². The highest BCUT2D eigenvalue weighted by atomic mass is 16.6. The predicted molar refractivity (Wildman–Crippen MR) is 121 cm³/mol. The minimum absolute atomic E-state index is 0.169. The molecule has 1 aromatic heterocycles. The summed E-state index contributed by atoms with van der Waals surface area (Å²) >= 11 is 0. The van der Waals surface area contributed by atoms with Crippen LogP contribution in [0.4, 0.5) is 4.79 Å². The van der Waals surface area contributed by atoms with Crippen molar-refractivity contribution in [1.82, 2.24) is 20.0 Å². The number of ether oxygens (including phenoxy) is 1. The zero-order valence-electron chi connectivity index (χ0n) is 19.5. The molecule has 2 N–H and O–H groups in total. The summed E-state index contributed by atoms with van der Waals surface area (Å²) in [5.74, 6) is 0. The van der Waals surface area contributed by atoms with E-state index in [0.717, 1.165) is 43.3 Å². The predicted octanol–water partition coefficient (Wildman–Crippen LogP) is 3.35. The van der Waals surface area contributed by atoms with Gasteiger partial charge in [0.25, 0.3) is 0 Å². The molecule has 1 atom stereocenters. The quantitative estimate of drug-likeness (QED) is 0.722. The van der Waals surface area contributed by atoms with Gasteiger partial charge in [0.2, 0.25) is 6.41 Å². The van der Waals surface area contributed by atoms with Crippen molar-refractivity contribution in [1.29, 1.82) is 0 Å². The van der Waals surface area contributed by atoms with Gasteiger partial charge in [-0.1, -0.05) is 24.3 Å². The van der Waals surface area contributed by atoms with Gasteiger partial charge < -0.3 is 20.1 Å². The van der Waals surface area contributed by atoms with E-state index in [9.17, 15) is 9.59 Å². The summed E-state index contributed by atoms with van der Waals surface area (Å²) in [5, 5.41) is 13.8. The van der Waals surface area contributed by atoms with E-state index in [2.05, 4.69) is 17.3 Å². The van der Waals surface area contributed by atoms with Gasteiger partial charge in [0, 0.05) is 39.5 Å². The third-order valence-corrected chi connectivity index (χ3v) is 4.64. The molecule has 1 aliphatic heterocycles. The molecule has 2 heterocycles. The highest BCUT2D eigenvalue weighted by Crippen LogP contribution is 2.20. The van der Waals surface area contributed by atoms with E-state index in [-0.39, 0.29) is 11.7 Å². The number of hydrogen-bond acceptors (Lipinski definition) is 5. The van der Waals surface area contributed by atoms with Crippen LogP contribution in [-0.4, -0.2) is 57.6 Å². The van der Waals surface area contributed by atoms with Crippen molar-refractivity contribution < 1.29 is 19.4 Å². The molecule has 172 valence electrons. The highest BCUT2D eigenvalue weighted by Gasteiger charge is 2.29. The van der Waals surface area contributed by atoms with Gasteiger partial charge in [0.05, 0.1) is 5.69 Å². The van der Waals surface area contributed by atoms with Crippen molar-refractivity contribution in [3.63, 3.8) is 0 Å². The number of carbonyl (C=O) groups is 2. The van der Waals surface area contributed by atoms with Crippen molar-refractivity contribution >= 4 is 12.5 Å². The Hall–Kier alpha value is -2.87. The van der Waals surface area contributed by atoms with Gasteiger partial charge in [-0.3, -0.25) is 9.48 Å². The Kier molecular flexibility index (Phi) is 10.8. The standard InChI is InChI=1S/C12H13N3O.C10H19NO2.CH4O/c1-15-12(6-7-14-15)11-4-2-10(3-5-11)8-13-9-16;1-8-6-5-7-11(8)9(12)13-10(2,3)4;1-2/h2-7,9H,8H2,1H3,(H,13,16);8H,5-7H2,1-4H3;2H,1H3. The Morgan fingerprint density at radius 3 is 2.35 bits per heavy atom. The first-order chi connectivity index (χ1) is 14.7. The lowest BCUT2D eigenvalue weighted by molar-refractivity contribution is -0.109. The number of aliphatic hydroxyl groups is 1. The first kappa shape index (κ1) is 26.2. The molecule has 0 radical (unpaired) electrons. The van der Waals surface area contributed by atoms with Crippen LogP contribution in [0, 0.1) is 0 Å². The minimum Gasteiger partial charge on any atom is -0.444 e. The number of likely N-dealkylation sites (tertiary alicyclic amines) is 1. The van der Waals surface area contributed by atoms with Crippen molar-refractivity contribution in [2.45, 2.75) is 58.7 Å². The number of aliphatic hydroxyl groups excluding tert-OH is 1. The lowest BCUT2D eigenvalue weighted by Crippen LogP contribution is -2.38. The molecule has 8 nitrogen and oxygen atoms in total. The van der Waals surface area contributed by atoms with E-state index in [1.807, 2.05) is 67.7 Å². The highest BCUT2D eigenvalue weighted by molar-refractivity contribution is 5.68. The van der Waals surface area contributed by atoms with Crippen LogP contribution in [0.25, 0.3) is 11.3 Å². The number of carbonyl (C=O) groups excluding carboxylic acids is 2. The average molecular weight is 433 g/mol. The fraction of sp³-hybridized carbons (Fsp3) is 0.522. The Morgan fingerprint density at radius 1 is 1.26 bits per heavy atom. The Labute approximate surface area is 185 Å². The summed E-state index contributed by atoms with van der Waals surface area (Å²) in [5.41, 5.74) is 2.90. The first-order valence-corrected chi connectivity index (χ1v) is 10.4. The number of aryl methyl sites for hydroxylation is 1. The fourth-order valence-electron chi connectivity index (χ4n) is 3.13. The molecule has 0 aliphatic carbocycles. The van der Waals surface area contributed by atoms with E-state index < -0.39 is 0 Å². The second-order valence-corrected chi connectivity index (χ2v) is 8.20. The van der Waals surface area contributed by atoms with Crippen molar-refractivity contribution in [3.8, 4) is 11.3 Å². The molecule has 1 aromatic carbocycles. The van der Waals surface area contributed by atoms with Crippen molar-refractivity contribution in [2.24, 2.45) is 7.05 Å². The van der Waals surface area contributed by atoms with Crippen LogP contribution >= 0.6 is 0 Å². The van der Waals surface area contributed by atoms with Crippen LogP contribution in [0.2, 0.25) is 0 Å². The lowest BCUT2D eigenvalue weighted by Gasteiger charge is -2.26. The largest absolute Gasteiger partial charge is 0.444 e. The van der Waals surface area contributed by atoms with E-state index in [1.54, 1.807) is 6.20 Å². The van der Waals surface area contributed by atoms with Gasteiger partial charge >= 0.3 is 6.09 Å². The van der Waals surface area contributed by atoms with Crippen LogP contribution in [0.1, 0.15) is 46.1 Å². The summed E-state index contributed by atoms with van der Waals surface area (Å²) in [7, 11) is 2.91. The van der Waals surface area contributed by atoms with E-state index in [0.29, 0.717) is 19.0 Å². The zero-order chi connectivity index (χ0) is 23.4. The van der Waals surface area contributed by atoms with Crippen LogP contribution in [0.3, 0.4) is 0 Å². The minimum atomic E-state index is -0.376. The number of aromatic nitrogens is 2. The molecule has 0 saturated carbocycles. The van der Waals surface area contributed by atoms with Gasteiger partial charge in [0.1, 0.15) is 5.60 Å². The van der Waals surface area contributed by atoms with Gasteiger partial charge in [0.15, 0.2) is 0 Å². The summed E-state index contributed by atoms with van der Waals surface area (Å²) < 4.78 is 7.11. The summed E-state index contributed by atoms with van der Waals surface area (Å²) in [6.07, 6.45) is 4.50. The Balaban J connectivity index is 0.000000293. The molecule has 1 saturated heterocycles. The molecule has 1 fully saturated rings. The van der Waals surface area contributed by atoms with Crippen molar-refractivity contribution in [3.05, 3.63) is 42.1 Å². The molecule has 1 unspecified atom stereocenters. The van der Waals surface area contributed by atoms with Gasteiger partial charge in [-0.2, -0.15) is 5.10 Å². The molecule has 2 amide bonds. The maximum Gasteiger partial charge on any atom is 0.410 e. The number of benzene rings is 1. The number of nitrogens with one attached hydrogen (secondary N) is 1. The monoisotopic (exact) mass is 432 g/mol. The summed E-state index contributed by atoms with van der Waals surface area (Å²) in [6, 6.07) is 10.4.